The van der Waals surface area contributed by atoms with Crippen molar-refractivity contribution < 1.29 is 13.9 Å². The van der Waals surface area contributed by atoms with Gasteiger partial charge in [-0.1, -0.05) is 25.1 Å². The fraction of sp³-hybridized carbons (Fsp3) is 0.143. The second-order valence-electron chi connectivity index (χ2n) is 6.06. The van der Waals surface area contributed by atoms with Crippen LogP contribution in [0.4, 0.5) is 0 Å². The van der Waals surface area contributed by atoms with Crippen molar-refractivity contribution in [1.82, 2.24) is 4.98 Å². The Labute approximate surface area is 149 Å². The number of para-hydroxylation sites is 1. The number of fused-ring (bicyclic) bond motifs is 2. The summed E-state index contributed by atoms with van der Waals surface area (Å²) in [5.41, 5.74) is 2.79. The molecular formula is C21H17NO4. The van der Waals surface area contributed by atoms with Gasteiger partial charge in [0.1, 0.15) is 11.3 Å². The van der Waals surface area contributed by atoms with E-state index in [1.807, 2.05) is 18.2 Å². The fourth-order valence-electron chi connectivity index (χ4n) is 3.10. The molecule has 2 aromatic carbocycles. The maximum absolute atomic E-state index is 12.6. The molecule has 0 fully saturated rings. The van der Waals surface area contributed by atoms with Gasteiger partial charge in [0, 0.05) is 40.2 Å². The molecule has 4 aromatic rings. The lowest BCUT2D eigenvalue weighted by Gasteiger charge is -2.06. The van der Waals surface area contributed by atoms with Crippen LogP contribution in [0.25, 0.3) is 21.9 Å². The molecule has 0 unspecified atom stereocenters. The zero-order valence-electron chi connectivity index (χ0n) is 14.2. The number of benzene rings is 2. The van der Waals surface area contributed by atoms with E-state index in [0.717, 1.165) is 22.7 Å². The Morgan fingerprint density at radius 2 is 2.00 bits per heavy atom. The van der Waals surface area contributed by atoms with Gasteiger partial charge in [0.25, 0.3) is 0 Å². The van der Waals surface area contributed by atoms with E-state index in [1.54, 1.807) is 30.5 Å². The zero-order valence-corrected chi connectivity index (χ0v) is 14.2. The van der Waals surface area contributed by atoms with Gasteiger partial charge < -0.3 is 14.1 Å². The molecule has 2 heterocycles. The summed E-state index contributed by atoms with van der Waals surface area (Å²) in [6.07, 6.45) is 2.62. The third-order valence-electron chi connectivity index (χ3n) is 4.45. The van der Waals surface area contributed by atoms with Crippen molar-refractivity contribution in [2.24, 2.45) is 0 Å². The van der Waals surface area contributed by atoms with Gasteiger partial charge in [-0.2, -0.15) is 0 Å². The van der Waals surface area contributed by atoms with Crippen molar-refractivity contribution >= 4 is 27.7 Å². The Kier molecular flexibility index (Phi) is 4.05. The minimum absolute atomic E-state index is 0.0914. The molecule has 0 aliphatic heterocycles. The number of Topliss-reactive ketones (excluding diaryl/α,β-unsaturated/α-hetero) is 1. The zero-order chi connectivity index (χ0) is 18.1. The van der Waals surface area contributed by atoms with Crippen LogP contribution >= 0.6 is 0 Å². The van der Waals surface area contributed by atoms with Crippen LogP contribution < -0.4 is 10.4 Å². The van der Waals surface area contributed by atoms with Gasteiger partial charge in [-0.05, 0) is 30.2 Å². The topological polar surface area (TPSA) is 72.3 Å². The van der Waals surface area contributed by atoms with Gasteiger partial charge in [-0.25, -0.2) is 4.79 Å². The molecule has 130 valence electrons. The molecule has 0 aliphatic rings. The van der Waals surface area contributed by atoms with E-state index in [4.69, 9.17) is 9.15 Å². The number of hydrogen-bond donors (Lipinski definition) is 1. The summed E-state index contributed by atoms with van der Waals surface area (Å²) >= 11 is 0. The van der Waals surface area contributed by atoms with Crippen molar-refractivity contribution in [3.8, 4) is 5.75 Å². The van der Waals surface area contributed by atoms with Gasteiger partial charge in [0.05, 0.1) is 0 Å². The van der Waals surface area contributed by atoms with Crippen LogP contribution in [0, 0.1) is 0 Å². The number of aryl methyl sites for hydroxylation is 1. The van der Waals surface area contributed by atoms with Crippen molar-refractivity contribution in [3.63, 3.8) is 0 Å². The lowest BCUT2D eigenvalue weighted by molar-refractivity contribution is 0.0923. The number of ether oxygens (including phenoxy) is 1. The summed E-state index contributed by atoms with van der Waals surface area (Å²) in [5.74, 6) is 0.369. The molecule has 0 radical (unpaired) electrons. The number of rotatable bonds is 5. The normalized spacial score (nSPS) is 11.1. The Morgan fingerprint density at radius 1 is 1.15 bits per heavy atom. The van der Waals surface area contributed by atoms with Crippen LogP contribution in [-0.4, -0.2) is 17.4 Å². The van der Waals surface area contributed by atoms with Crippen molar-refractivity contribution in [3.05, 3.63) is 76.3 Å². The molecule has 0 aliphatic carbocycles. The van der Waals surface area contributed by atoms with Crippen molar-refractivity contribution in [1.29, 1.82) is 0 Å². The average molecular weight is 347 g/mol. The van der Waals surface area contributed by atoms with Gasteiger partial charge in [-0.15, -0.1) is 0 Å². The smallest absolute Gasteiger partial charge is 0.336 e. The molecule has 26 heavy (non-hydrogen) atoms. The highest BCUT2D eigenvalue weighted by atomic mass is 16.5. The van der Waals surface area contributed by atoms with E-state index in [2.05, 4.69) is 11.9 Å². The third kappa shape index (κ3) is 2.88. The first-order chi connectivity index (χ1) is 12.7. The molecule has 0 amide bonds. The quantitative estimate of drug-likeness (QED) is 0.436. The Bertz CT molecular complexity index is 1170. The molecule has 0 bridgehead atoms. The molecule has 1 N–H and O–H groups in total. The second-order valence-corrected chi connectivity index (χ2v) is 6.06. The van der Waals surface area contributed by atoms with Gasteiger partial charge >= 0.3 is 5.63 Å². The number of carbonyl (C=O) groups excluding carboxylic acids is 1. The average Bonchev–Trinajstić information content (AvgIpc) is 3.10. The van der Waals surface area contributed by atoms with Gasteiger partial charge in [0.15, 0.2) is 6.61 Å². The van der Waals surface area contributed by atoms with E-state index < -0.39 is 5.63 Å². The second kappa shape index (κ2) is 6.52. The number of hydrogen-bond acceptors (Lipinski definition) is 4. The Morgan fingerprint density at radius 3 is 2.85 bits per heavy atom. The molecule has 0 atom stereocenters. The van der Waals surface area contributed by atoms with E-state index in [0.29, 0.717) is 16.9 Å². The number of nitrogens with one attached hydrogen (secondary N) is 1. The van der Waals surface area contributed by atoms with E-state index >= 15 is 0 Å². The maximum atomic E-state index is 12.6. The van der Waals surface area contributed by atoms with Crippen LogP contribution in [0.5, 0.6) is 5.75 Å². The fourth-order valence-corrected chi connectivity index (χ4v) is 3.10. The molecule has 5 nitrogen and oxygen atoms in total. The van der Waals surface area contributed by atoms with Crippen LogP contribution in [-0.2, 0) is 6.42 Å². The summed E-state index contributed by atoms with van der Waals surface area (Å²) in [6, 6.07) is 14.2. The van der Waals surface area contributed by atoms with Gasteiger partial charge in [0.2, 0.25) is 5.78 Å². The third-order valence-corrected chi connectivity index (χ3v) is 4.45. The lowest BCUT2D eigenvalue weighted by atomic mass is 10.1. The first-order valence-corrected chi connectivity index (χ1v) is 8.44. The van der Waals surface area contributed by atoms with E-state index in [-0.39, 0.29) is 12.4 Å². The first kappa shape index (κ1) is 16.1. The summed E-state index contributed by atoms with van der Waals surface area (Å²) < 4.78 is 10.8. The predicted molar refractivity (Wildman–Crippen MR) is 100.0 cm³/mol. The van der Waals surface area contributed by atoms with E-state index in [9.17, 15) is 9.59 Å². The number of aromatic amines is 1. The summed E-state index contributed by atoms with van der Waals surface area (Å²) in [4.78, 5) is 27.1. The number of H-pyrrole nitrogens is 1. The highest BCUT2D eigenvalue weighted by Gasteiger charge is 2.14. The molecule has 0 spiro atoms. The molecule has 4 rings (SSSR count). The summed E-state index contributed by atoms with van der Waals surface area (Å²) in [7, 11) is 0. The largest absolute Gasteiger partial charge is 0.485 e. The van der Waals surface area contributed by atoms with Crippen LogP contribution in [0.2, 0.25) is 0 Å². The molecule has 0 saturated heterocycles. The van der Waals surface area contributed by atoms with Crippen LogP contribution in [0.15, 0.2) is 63.9 Å². The minimum atomic E-state index is -0.420. The first-order valence-electron chi connectivity index (χ1n) is 8.44. The van der Waals surface area contributed by atoms with Gasteiger partial charge in [-0.3, -0.25) is 4.79 Å². The molecule has 5 heteroatoms. The highest BCUT2D eigenvalue weighted by molar-refractivity contribution is 6.09. The SMILES string of the molecule is CCc1cccc2c(C(=O)COc3ccc4ccc(=O)oc4c3)c[nH]c12. The molecular weight excluding hydrogens is 330 g/mol. The van der Waals surface area contributed by atoms with Crippen LogP contribution in [0.1, 0.15) is 22.8 Å². The standard InChI is InChI=1S/C21H17NO4/c1-2-13-4-3-5-16-17(11-22-21(13)16)18(23)12-25-15-8-6-14-7-9-20(24)26-19(14)10-15/h3-11,22H,2,12H2,1H3. The van der Waals surface area contributed by atoms with Crippen molar-refractivity contribution in [2.45, 2.75) is 13.3 Å². The molecule has 0 saturated carbocycles. The number of carbonyl (C=O) groups is 1. The Balaban J connectivity index is 1.57. The maximum Gasteiger partial charge on any atom is 0.336 e. The minimum Gasteiger partial charge on any atom is -0.485 e. The lowest BCUT2D eigenvalue weighted by Crippen LogP contribution is -2.11. The van der Waals surface area contributed by atoms with Crippen molar-refractivity contribution in [2.75, 3.05) is 6.61 Å². The highest BCUT2D eigenvalue weighted by Crippen LogP contribution is 2.24. The monoisotopic (exact) mass is 347 g/mol. The molecule has 2 aromatic heterocycles. The number of aromatic nitrogens is 1. The summed E-state index contributed by atoms with van der Waals surface area (Å²) in [6.45, 7) is 1.99. The Hall–Kier alpha value is -3.34. The number of ketones is 1. The van der Waals surface area contributed by atoms with Crippen LogP contribution in [0.3, 0.4) is 0 Å². The summed E-state index contributed by atoms with van der Waals surface area (Å²) in [5, 5.41) is 1.70. The predicted octanol–water partition coefficient (Wildman–Crippen LogP) is 4.10. The van der Waals surface area contributed by atoms with E-state index in [1.165, 1.54) is 11.6 Å².